The first-order valence-electron chi connectivity index (χ1n) is 11.2. The van der Waals surface area contributed by atoms with E-state index in [-0.39, 0.29) is 0 Å². The average Bonchev–Trinajstić information content (AvgIpc) is 3.30. The van der Waals surface area contributed by atoms with Crippen LogP contribution in [0.25, 0.3) is 22.4 Å². The lowest BCUT2D eigenvalue weighted by atomic mass is 10.1. The van der Waals surface area contributed by atoms with E-state index in [0.717, 1.165) is 16.6 Å². The fourth-order valence-corrected chi connectivity index (χ4v) is 3.61. The van der Waals surface area contributed by atoms with Crippen LogP contribution in [0.5, 0.6) is 11.5 Å². The molecule has 1 aromatic heterocycles. The fraction of sp³-hybridized carbons (Fsp3) is 0.222. The minimum atomic E-state index is -0.972. The highest BCUT2D eigenvalue weighted by Gasteiger charge is 2.23. The summed E-state index contributed by atoms with van der Waals surface area (Å²) in [5, 5.41) is 2.76. The smallest absolute Gasteiger partial charge is 0.338 e. The molecule has 4 rings (SSSR count). The number of nitrogens with zero attached hydrogens (tertiary/aromatic N) is 1. The second kappa shape index (κ2) is 10.3. The molecule has 0 saturated carbocycles. The number of carbonyl (C=O) groups is 2. The highest BCUT2D eigenvalue weighted by atomic mass is 16.5. The van der Waals surface area contributed by atoms with E-state index in [1.807, 2.05) is 31.2 Å². The molecule has 8 heteroatoms. The van der Waals surface area contributed by atoms with E-state index in [1.54, 1.807) is 43.3 Å². The summed E-state index contributed by atoms with van der Waals surface area (Å²) >= 11 is 0. The zero-order chi connectivity index (χ0) is 24.9. The van der Waals surface area contributed by atoms with Crippen molar-refractivity contribution in [2.45, 2.75) is 26.4 Å². The summed E-state index contributed by atoms with van der Waals surface area (Å²) in [6.45, 7) is 3.80. The molecule has 0 aliphatic heterocycles. The van der Waals surface area contributed by atoms with Crippen LogP contribution >= 0.6 is 0 Å². The molecule has 0 radical (unpaired) electrons. The Labute approximate surface area is 203 Å². The van der Waals surface area contributed by atoms with E-state index in [1.165, 1.54) is 14.2 Å². The van der Waals surface area contributed by atoms with Gasteiger partial charge in [0, 0.05) is 29.4 Å². The Morgan fingerprint density at radius 1 is 0.971 bits per heavy atom. The number of H-pyrrole nitrogens is 1. The van der Waals surface area contributed by atoms with Gasteiger partial charge in [0.05, 0.1) is 30.8 Å². The lowest BCUT2D eigenvalue weighted by Gasteiger charge is -2.17. The number of carbonyl (C=O) groups excluding carboxylic acids is 2. The van der Waals surface area contributed by atoms with Crippen molar-refractivity contribution in [3.8, 4) is 22.9 Å². The number of fused-ring (bicyclic) bond motifs is 1. The Bertz CT molecular complexity index is 1340. The minimum Gasteiger partial charge on any atom is -0.497 e. The highest BCUT2D eigenvalue weighted by Crippen LogP contribution is 2.26. The van der Waals surface area contributed by atoms with Crippen molar-refractivity contribution in [1.82, 2.24) is 9.97 Å². The van der Waals surface area contributed by atoms with Crippen LogP contribution in [0.4, 0.5) is 5.69 Å². The van der Waals surface area contributed by atoms with Crippen molar-refractivity contribution in [3.63, 3.8) is 0 Å². The molecule has 2 N–H and O–H groups in total. The molecular formula is C27H27N3O5. The van der Waals surface area contributed by atoms with E-state index in [0.29, 0.717) is 40.5 Å². The van der Waals surface area contributed by atoms with E-state index in [4.69, 9.17) is 14.2 Å². The molecule has 1 heterocycles. The van der Waals surface area contributed by atoms with Gasteiger partial charge in [0.1, 0.15) is 17.3 Å². The molecule has 4 aromatic rings. The van der Waals surface area contributed by atoms with Crippen LogP contribution in [0.3, 0.4) is 0 Å². The van der Waals surface area contributed by atoms with Crippen molar-refractivity contribution in [3.05, 3.63) is 71.8 Å². The topological polar surface area (TPSA) is 103 Å². The summed E-state index contributed by atoms with van der Waals surface area (Å²) in [4.78, 5) is 33.5. The van der Waals surface area contributed by atoms with Crippen molar-refractivity contribution >= 4 is 28.6 Å². The number of imidazole rings is 1. The first-order valence-corrected chi connectivity index (χ1v) is 11.2. The van der Waals surface area contributed by atoms with E-state index in [9.17, 15) is 9.59 Å². The standard InChI is InChI=1S/C27H27N3O5/c1-5-24(26(31)28-19-13-20(33-3)15-21(14-19)34-4)35-27(32)18-10-11-22-23(12-18)30-25(29-22)17-8-6-16(2)7-9-17/h6-15,24H,5H2,1-4H3,(H,28,31)(H,29,30). The molecule has 1 atom stereocenters. The van der Waals surface area contributed by atoms with Gasteiger partial charge in [-0.25, -0.2) is 9.78 Å². The second-order valence-corrected chi connectivity index (χ2v) is 8.08. The zero-order valence-electron chi connectivity index (χ0n) is 20.0. The average molecular weight is 474 g/mol. The van der Waals surface area contributed by atoms with Gasteiger partial charge >= 0.3 is 5.97 Å². The van der Waals surface area contributed by atoms with Gasteiger partial charge in [-0.15, -0.1) is 0 Å². The van der Waals surface area contributed by atoms with Crippen molar-refractivity contribution in [2.24, 2.45) is 0 Å². The third-order valence-electron chi connectivity index (χ3n) is 5.57. The predicted molar refractivity (Wildman–Crippen MR) is 134 cm³/mol. The van der Waals surface area contributed by atoms with Crippen LogP contribution in [0.2, 0.25) is 0 Å². The summed E-state index contributed by atoms with van der Waals surface area (Å²) in [6, 6.07) is 18.1. The number of benzene rings is 3. The van der Waals surface area contributed by atoms with Gasteiger partial charge in [0.25, 0.3) is 5.91 Å². The maximum Gasteiger partial charge on any atom is 0.338 e. The number of nitrogens with one attached hydrogen (secondary N) is 2. The Hall–Kier alpha value is -4.33. The Morgan fingerprint density at radius 3 is 2.29 bits per heavy atom. The van der Waals surface area contributed by atoms with Crippen LogP contribution in [-0.4, -0.2) is 42.2 Å². The number of aryl methyl sites for hydroxylation is 1. The third-order valence-corrected chi connectivity index (χ3v) is 5.57. The first kappa shape index (κ1) is 23.8. The van der Waals surface area contributed by atoms with E-state index >= 15 is 0 Å². The summed E-state index contributed by atoms with van der Waals surface area (Å²) in [5.74, 6) is 0.735. The van der Waals surface area contributed by atoms with Gasteiger partial charge in [-0.3, -0.25) is 4.79 Å². The number of hydrogen-bond acceptors (Lipinski definition) is 6. The Morgan fingerprint density at radius 2 is 1.66 bits per heavy atom. The quantitative estimate of drug-likeness (QED) is 0.344. The van der Waals surface area contributed by atoms with Crippen LogP contribution in [-0.2, 0) is 9.53 Å². The van der Waals surface area contributed by atoms with Crippen LogP contribution < -0.4 is 14.8 Å². The van der Waals surface area contributed by atoms with Gasteiger partial charge in [-0.05, 0) is 31.5 Å². The summed E-state index contributed by atoms with van der Waals surface area (Å²) in [6.07, 6.45) is -0.664. The van der Waals surface area contributed by atoms with Gasteiger partial charge < -0.3 is 24.5 Å². The number of methoxy groups -OCH3 is 2. The summed E-state index contributed by atoms with van der Waals surface area (Å²) < 4.78 is 16.0. The molecule has 3 aromatic carbocycles. The molecule has 0 saturated heterocycles. The van der Waals surface area contributed by atoms with Gasteiger partial charge in [-0.1, -0.05) is 36.8 Å². The number of rotatable bonds is 8. The number of aromatic nitrogens is 2. The van der Waals surface area contributed by atoms with Gasteiger partial charge in [0.15, 0.2) is 6.10 Å². The van der Waals surface area contributed by atoms with Gasteiger partial charge in [-0.2, -0.15) is 0 Å². The summed E-state index contributed by atoms with van der Waals surface area (Å²) in [5.41, 5.74) is 4.35. The molecule has 0 aliphatic carbocycles. The lowest BCUT2D eigenvalue weighted by Crippen LogP contribution is -2.32. The third kappa shape index (κ3) is 5.43. The number of esters is 1. The number of ether oxygens (including phenoxy) is 3. The van der Waals surface area contributed by atoms with Gasteiger partial charge in [0.2, 0.25) is 0 Å². The fourth-order valence-electron chi connectivity index (χ4n) is 3.61. The molecule has 1 unspecified atom stereocenters. The van der Waals surface area contributed by atoms with Crippen molar-refractivity contribution < 1.29 is 23.8 Å². The summed E-state index contributed by atoms with van der Waals surface area (Å²) in [7, 11) is 3.05. The predicted octanol–water partition coefficient (Wildman–Crippen LogP) is 5.13. The van der Waals surface area contributed by atoms with Crippen molar-refractivity contribution in [2.75, 3.05) is 19.5 Å². The van der Waals surface area contributed by atoms with Crippen LogP contribution in [0.1, 0.15) is 29.3 Å². The maximum atomic E-state index is 12.9. The first-order chi connectivity index (χ1) is 16.9. The molecule has 0 bridgehead atoms. The molecular weight excluding hydrogens is 446 g/mol. The maximum absolute atomic E-state index is 12.9. The molecule has 35 heavy (non-hydrogen) atoms. The minimum absolute atomic E-state index is 0.308. The normalized spacial score (nSPS) is 11.7. The molecule has 0 spiro atoms. The Kier molecular flexibility index (Phi) is 7.01. The number of hydrogen-bond donors (Lipinski definition) is 2. The number of aromatic amines is 1. The Balaban J connectivity index is 1.48. The lowest BCUT2D eigenvalue weighted by molar-refractivity contribution is -0.124. The molecule has 1 amide bonds. The van der Waals surface area contributed by atoms with Crippen molar-refractivity contribution in [1.29, 1.82) is 0 Å². The zero-order valence-corrected chi connectivity index (χ0v) is 20.0. The molecule has 0 fully saturated rings. The van der Waals surface area contributed by atoms with E-state index < -0.39 is 18.0 Å². The SMILES string of the molecule is CCC(OC(=O)c1ccc2nc(-c3ccc(C)cc3)[nH]c2c1)C(=O)Nc1cc(OC)cc(OC)c1. The molecule has 8 nitrogen and oxygen atoms in total. The van der Waals surface area contributed by atoms with E-state index in [2.05, 4.69) is 15.3 Å². The number of anilines is 1. The largest absolute Gasteiger partial charge is 0.497 e. The van der Waals surface area contributed by atoms with Crippen LogP contribution in [0, 0.1) is 6.92 Å². The number of amides is 1. The molecule has 0 aliphatic rings. The van der Waals surface area contributed by atoms with Crippen LogP contribution in [0.15, 0.2) is 60.7 Å². The second-order valence-electron chi connectivity index (χ2n) is 8.08. The molecule has 180 valence electrons. The monoisotopic (exact) mass is 473 g/mol. The highest BCUT2D eigenvalue weighted by molar-refractivity contribution is 5.99.